The molecule has 0 bridgehead atoms. The van der Waals surface area contributed by atoms with Gasteiger partial charge >= 0.3 is 0 Å². The largest absolute Gasteiger partial charge is 0.329 e. The monoisotopic (exact) mass is 215 g/mol. The highest BCUT2D eigenvalue weighted by Gasteiger charge is 2.03. The van der Waals surface area contributed by atoms with E-state index < -0.39 is 11.6 Å². The van der Waals surface area contributed by atoms with E-state index in [1.807, 2.05) is 0 Å². The van der Waals surface area contributed by atoms with Gasteiger partial charge in [-0.15, -0.1) is 0 Å². The molecule has 0 aliphatic carbocycles. The summed E-state index contributed by atoms with van der Waals surface area (Å²) in [4.78, 5) is 0. The average molecular weight is 215 g/mol. The minimum atomic E-state index is -0.836. The van der Waals surface area contributed by atoms with Crippen LogP contribution in [0.15, 0.2) is 18.2 Å². The van der Waals surface area contributed by atoms with Gasteiger partial charge in [0, 0.05) is 25.7 Å². The molecule has 0 amide bonds. The van der Waals surface area contributed by atoms with Crippen molar-refractivity contribution >= 4 is 0 Å². The third-order valence-corrected chi connectivity index (χ3v) is 2.02. The highest BCUT2D eigenvalue weighted by Crippen LogP contribution is 2.08. The van der Waals surface area contributed by atoms with Gasteiger partial charge in [0.25, 0.3) is 0 Å². The van der Waals surface area contributed by atoms with E-state index in [4.69, 9.17) is 11.5 Å². The van der Waals surface area contributed by atoms with Crippen LogP contribution in [0.2, 0.25) is 0 Å². The van der Waals surface area contributed by atoms with E-state index in [-0.39, 0.29) is 6.04 Å². The quantitative estimate of drug-likeness (QED) is 0.663. The summed E-state index contributed by atoms with van der Waals surface area (Å²) >= 11 is 0. The van der Waals surface area contributed by atoms with Crippen molar-refractivity contribution in [2.75, 3.05) is 13.1 Å². The molecule has 0 fully saturated rings. The van der Waals surface area contributed by atoms with Crippen molar-refractivity contribution in [1.29, 1.82) is 0 Å². The molecule has 0 spiro atoms. The Labute approximate surface area is 87.5 Å². The lowest BCUT2D eigenvalue weighted by Crippen LogP contribution is -2.39. The number of halogens is 2. The maximum atomic E-state index is 12.8. The highest BCUT2D eigenvalue weighted by molar-refractivity contribution is 5.17. The van der Waals surface area contributed by atoms with Gasteiger partial charge in [0.1, 0.15) is 0 Å². The number of rotatable bonds is 5. The Morgan fingerprint density at radius 2 is 2.00 bits per heavy atom. The fourth-order valence-corrected chi connectivity index (χ4v) is 1.13. The minimum Gasteiger partial charge on any atom is -0.329 e. The Hall–Kier alpha value is -1.04. The average Bonchev–Trinajstić information content (AvgIpc) is 2.23. The maximum absolute atomic E-state index is 12.8. The second-order valence-electron chi connectivity index (χ2n) is 3.38. The predicted molar refractivity (Wildman–Crippen MR) is 55.1 cm³/mol. The van der Waals surface area contributed by atoms with Crippen LogP contribution < -0.4 is 16.8 Å². The van der Waals surface area contributed by atoms with Gasteiger partial charge in [0.05, 0.1) is 0 Å². The Morgan fingerprint density at radius 1 is 1.27 bits per heavy atom. The molecule has 0 saturated carbocycles. The van der Waals surface area contributed by atoms with Crippen LogP contribution in [0.3, 0.4) is 0 Å². The minimum absolute atomic E-state index is 0.115. The van der Waals surface area contributed by atoms with Crippen LogP contribution in [0.1, 0.15) is 5.56 Å². The lowest BCUT2D eigenvalue weighted by molar-refractivity contribution is 0.505. The van der Waals surface area contributed by atoms with Crippen molar-refractivity contribution in [1.82, 2.24) is 5.32 Å². The van der Waals surface area contributed by atoms with Gasteiger partial charge in [-0.2, -0.15) is 0 Å². The highest BCUT2D eigenvalue weighted by atomic mass is 19.2. The van der Waals surface area contributed by atoms with Gasteiger partial charge in [0.15, 0.2) is 11.6 Å². The number of nitrogens with one attached hydrogen (secondary N) is 1. The third-order valence-electron chi connectivity index (χ3n) is 2.02. The van der Waals surface area contributed by atoms with Gasteiger partial charge in [-0.3, -0.25) is 0 Å². The van der Waals surface area contributed by atoms with E-state index in [0.717, 1.165) is 12.1 Å². The number of benzene rings is 1. The zero-order valence-corrected chi connectivity index (χ0v) is 8.34. The molecule has 1 unspecified atom stereocenters. The molecule has 1 aromatic rings. The first-order valence-corrected chi connectivity index (χ1v) is 4.73. The fraction of sp³-hybridized carbons (Fsp3) is 0.400. The van der Waals surface area contributed by atoms with Crippen molar-refractivity contribution < 1.29 is 8.78 Å². The smallest absolute Gasteiger partial charge is 0.159 e. The summed E-state index contributed by atoms with van der Waals surface area (Å²) in [5.41, 5.74) is 11.6. The molecule has 0 aliphatic rings. The summed E-state index contributed by atoms with van der Waals surface area (Å²) in [7, 11) is 0. The van der Waals surface area contributed by atoms with Crippen molar-refractivity contribution in [3.8, 4) is 0 Å². The summed E-state index contributed by atoms with van der Waals surface area (Å²) < 4.78 is 25.4. The maximum Gasteiger partial charge on any atom is 0.159 e. The molecule has 5 N–H and O–H groups in total. The molecule has 0 aromatic heterocycles. The molecule has 0 heterocycles. The van der Waals surface area contributed by atoms with Crippen LogP contribution in [0.4, 0.5) is 8.78 Å². The van der Waals surface area contributed by atoms with E-state index in [9.17, 15) is 8.78 Å². The summed E-state index contributed by atoms with van der Waals surface area (Å²) in [5, 5.41) is 3.00. The number of hydrogen-bond acceptors (Lipinski definition) is 3. The molecule has 0 radical (unpaired) electrons. The lowest BCUT2D eigenvalue weighted by atomic mass is 10.2. The van der Waals surface area contributed by atoms with Gasteiger partial charge < -0.3 is 16.8 Å². The van der Waals surface area contributed by atoms with E-state index >= 15 is 0 Å². The molecule has 1 atom stereocenters. The molecule has 1 rings (SSSR count). The summed E-state index contributed by atoms with van der Waals surface area (Å²) in [6, 6.07) is 3.68. The topological polar surface area (TPSA) is 64.1 Å². The van der Waals surface area contributed by atoms with Crippen molar-refractivity contribution in [3.05, 3.63) is 35.4 Å². The molecule has 0 saturated heterocycles. The Kier molecular flexibility index (Phi) is 4.61. The van der Waals surface area contributed by atoms with Crippen LogP contribution in [0, 0.1) is 11.6 Å². The first-order valence-electron chi connectivity index (χ1n) is 4.73. The van der Waals surface area contributed by atoms with Crippen LogP contribution in [0.5, 0.6) is 0 Å². The predicted octanol–water partition coefficient (Wildman–Crippen LogP) is 0.340. The van der Waals surface area contributed by atoms with Crippen molar-refractivity contribution in [2.45, 2.75) is 12.6 Å². The van der Waals surface area contributed by atoms with E-state index in [2.05, 4.69) is 5.32 Å². The summed E-state index contributed by atoms with van der Waals surface area (Å²) in [5.74, 6) is -1.67. The van der Waals surface area contributed by atoms with Crippen LogP contribution in [-0.2, 0) is 6.54 Å². The van der Waals surface area contributed by atoms with Gasteiger partial charge in [-0.05, 0) is 17.7 Å². The first kappa shape index (κ1) is 12.0. The molecule has 1 aromatic carbocycles. The van der Waals surface area contributed by atoms with E-state index in [1.165, 1.54) is 6.07 Å². The van der Waals surface area contributed by atoms with Crippen LogP contribution in [-0.4, -0.2) is 19.1 Å². The van der Waals surface area contributed by atoms with Crippen molar-refractivity contribution in [3.63, 3.8) is 0 Å². The van der Waals surface area contributed by atoms with Crippen LogP contribution >= 0.6 is 0 Å². The normalized spacial score (nSPS) is 12.8. The first-order chi connectivity index (χ1) is 7.13. The molecule has 0 aliphatic heterocycles. The Balaban J connectivity index is 2.41. The summed E-state index contributed by atoms with van der Waals surface area (Å²) in [6.07, 6.45) is 0. The van der Waals surface area contributed by atoms with Crippen molar-refractivity contribution in [2.24, 2.45) is 11.5 Å². The molecule has 15 heavy (non-hydrogen) atoms. The second-order valence-corrected chi connectivity index (χ2v) is 3.38. The van der Waals surface area contributed by atoms with Crippen LogP contribution in [0.25, 0.3) is 0 Å². The second kappa shape index (κ2) is 5.75. The SMILES string of the molecule is NCC(N)CNCc1ccc(F)c(F)c1. The van der Waals surface area contributed by atoms with Gasteiger partial charge in [0.2, 0.25) is 0 Å². The van der Waals surface area contributed by atoms with Gasteiger partial charge in [-0.25, -0.2) is 8.78 Å². The lowest BCUT2D eigenvalue weighted by Gasteiger charge is -2.10. The Bertz CT molecular complexity index is 318. The third kappa shape index (κ3) is 3.91. The number of nitrogens with two attached hydrogens (primary N) is 2. The molecule has 3 nitrogen and oxygen atoms in total. The number of hydrogen-bond donors (Lipinski definition) is 3. The van der Waals surface area contributed by atoms with Gasteiger partial charge in [-0.1, -0.05) is 6.07 Å². The zero-order valence-electron chi connectivity index (χ0n) is 8.34. The van der Waals surface area contributed by atoms with E-state index in [0.29, 0.717) is 25.2 Å². The standard InChI is InChI=1S/C10H15F2N3/c11-9-2-1-7(3-10(9)12)5-15-6-8(14)4-13/h1-3,8,15H,4-6,13-14H2. The molecular weight excluding hydrogens is 200 g/mol. The molecular formula is C10H15F2N3. The van der Waals surface area contributed by atoms with E-state index in [1.54, 1.807) is 0 Å². The zero-order chi connectivity index (χ0) is 11.3. The summed E-state index contributed by atoms with van der Waals surface area (Å²) in [6.45, 7) is 1.39. The molecule has 84 valence electrons. The Morgan fingerprint density at radius 3 is 2.60 bits per heavy atom. The fourth-order valence-electron chi connectivity index (χ4n) is 1.13. The molecule has 5 heteroatoms.